The first-order valence-corrected chi connectivity index (χ1v) is 6.95. The minimum absolute atomic E-state index is 0.0575. The molecule has 0 atom stereocenters. The van der Waals surface area contributed by atoms with Gasteiger partial charge in [0.15, 0.2) is 0 Å². The van der Waals surface area contributed by atoms with Crippen LogP contribution >= 0.6 is 11.6 Å². The van der Waals surface area contributed by atoms with E-state index in [4.69, 9.17) is 16.3 Å². The first-order valence-electron chi connectivity index (χ1n) is 6.57. The second kappa shape index (κ2) is 8.16. The Morgan fingerprint density at radius 3 is 2.52 bits per heavy atom. The molecule has 0 radical (unpaired) electrons. The maximum atomic E-state index is 12.8. The maximum absolute atomic E-state index is 12.8. The van der Waals surface area contributed by atoms with Crippen molar-refractivity contribution >= 4 is 29.1 Å². The van der Waals surface area contributed by atoms with Crippen LogP contribution in [0.1, 0.15) is 12.5 Å². The highest BCUT2D eigenvalue weighted by Gasteiger charge is 2.32. The molecule has 23 heavy (non-hydrogen) atoms. The molecule has 0 saturated carbocycles. The number of hydrogen-bond acceptors (Lipinski definition) is 3. The molecule has 0 bridgehead atoms. The van der Waals surface area contributed by atoms with Crippen LogP contribution in [0.15, 0.2) is 18.2 Å². The number of carbonyl (C=O) groups excluding carboxylic acids is 2. The molecule has 0 unspecified atom stereocenters. The summed E-state index contributed by atoms with van der Waals surface area (Å²) < 4.78 is 43.1. The number of amides is 2. The number of nitrogens with one attached hydrogen (secondary N) is 1. The summed E-state index contributed by atoms with van der Waals surface area (Å²) in [5.41, 5.74) is -1.13. The Bertz CT molecular complexity index is 579. The van der Waals surface area contributed by atoms with Crippen molar-refractivity contribution in [1.29, 1.82) is 0 Å². The summed E-state index contributed by atoms with van der Waals surface area (Å²) >= 11 is 5.88. The molecule has 0 fully saturated rings. The molecule has 9 heteroatoms. The average Bonchev–Trinajstić information content (AvgIpc) is 2.44. The van der Waals surface area contributed by atoms with E-state index in [2.05, 4.69) is 5.32 Å². The lowest BCUT2D eigenvalue weighted by atomic mass is 10.1. The molecule has 1 N–H and O–H groups in total. The zero-order valence-corrected chi connectivity index (χ0v) is 13.3. The van der Waals surface area contributed by atoms with E-state index in [1.807, 2.05) is 0 Å². The number of halogens is 4. The van der Waals surface area contributed by atoms with E-state index in [1.165, 1.54) is 7.11 Å². The number of benzene rings is 1. The van der Waals surface area contributed by atoms with Gasteiger partial charge in [0.2, 0.25) is 11.8 Å². The molecule has 0 aliphatic carbocycles. The van der Waals surface area contributed by atoms with Crippen molar-refractivity contribution in [2.24, 2.45) is 0 Å². The lowest BCUT2D eigenvalue weighted by Crippen LogP contribution is -2.41. The van der Waals surface area contributed by atoms with Gasteiger partial charge in [-0.25, -0.2) is 0 Å². The van der Waals surface area contributed by atoms with Crippen LogP contribution in [0.5, 0.6) is 0 Å². The van der Waals surface area contributed by atoms with E-state index in [1.54, 1.807) is 0 Å². The second-order valence-electron chi connectivity index (χ2n) is 4.61. The van der Waals surface area contributed by atoms with Gasteiger partial charge >= 0.3 is 6.18 Å². The van der Waals surface area contributed by atoms with Gasteiger partial charge in [-0.3, -0.25) is 9.59 Å². The zero-order chi connectivity index (χ0) is 17.6. The number of nitrogens with zero attached hydrogens (tertiary/aromatic N) is 1. The van der Waals surface area contributed by atoms with Gasteiger partial charge in [0.1, 0.15) is 6.54 Å². The maximum Gasteiger partial charge on any atom is 0.416 e. The smallest absolute Gasteiger partial charge is 0.383 e. The highest BCUT2D eigenvalue weighted by molar-refractivity contribution is 6.34. The predicted molar refractivity (Wildman–Crippen MR) is 79.4 cm³/mol. The highest BCUT2D eigenvalue weighted by atomic mass is 35.5. The SMILES string of the molecule is COCCNC(=O)CN(C(C)=O)c1cc(C(F)(F)F)ccc1Cl. The zero-order valence-electron chi connectivity index (χ0n) is 12.5. The third-order valence-electron chi connectivity index (χ3n) is 2.87. The van der Waals surface area contributed by atoms with Crippen LogP contribution in [-0.2, 0) is 20.5 Å². The summed E-state index contributed by atoms with van der Waals surface area (Å²) in [4.78, 5) is 24.4. The predicted octanol–water partition coefficient (Wildman–Crippen LogP) is 2.47. The van der Waals surface area contributed by atoms with Crippen molar-refractivity contribution in [3.63, 3.8) is 0 Å². The number of alkyl halides is 3. The van der Waals surface area contributed by atoms with Gasteiger partial charge in [-0.1, -0.05) is 11.6 Å². The molecule has 0 aliphatic rings. The number of anilines is 1. The van der Waals surface area contributed by atoms with Crippen molar-refractivity contribution < 1.29 is 27.5 Å². The van der Waals surface area contributed by atoms with Crippen molar-refractivity contribution in [2.75, 3.05) is 31.7 Å². The molecule has 0 saturated heterocycles. The van der Waals surface area contributed by atoms with E-state index >= 15 is 0 Å². The van der Waals surface area contributed by atoms with Crippen molar-refractivity contribution in [3.05, 3.63) is 28.8 Å². The van der Waals surface area contributed by atoms with Crippen molar-refractivity contribution in [1.82, 2.24) is 5.32 Å². The third kappa shape index (κ3) is 5.72. The van der Waals surface area contributed by atoms with Crippen LogP contribution in [0.4, 0.5) is 18.9 Å². The van der Waals surface area contributed by atoms with Gasteiger partial charge in [0.25, 0.3) is 0 Å². The Morgan fingerprint density at radius 1 is 1.35 bits per heavy atom. The summed E-state index contributed by atoms with van der Waals surface area (Å²) in [5.74, 6) is -1.14. The van der Waals surface area contributed by atoms with Gasteiger partial charge in [0, 0.05) is 20.6 Å². The van der Waals surface area contributed by atoms with Gasteiger partial charge in [0.05, 0.1) is 22.9 Å². The largest absolute Gasteiger partial charge is 0.416 e. The van der Waals surface area contributed by atoms with Crippen molar-refractivity contribution in [3.8, 4) is 0 Å². The van der Waals surface area contributed by atoms with Gasteiger partial charge < -0.3 is 15.0 Å². The van der Waals surface area contributed by atoms with E-state index in [-0.39, 0.29) is 23.9 Å². The van der Waals surface area contributed by atoms with E-state index in [0.717, 1.165) is 30.0 Å². The molecule has 128 valence electrons. The molecule has 5 nitrogen and oxygen atoms in total. The topological polar surface area (TPSA) is 58.6 Å². The fourth-order valence-corrected chi connectivity index (χ4v) is 1.97. The summed E-state index contributed by atoms with van der Waals surface area (Å²) in [6, 6.07) is 2.59. The van der Waals surface area contributed by atoms with Crippen molar-refractivity contribution in [2.45, 2.75) is 13.1 Å². The van der Waals surface area contributed by atoms with Crippen LogP contribution in [0.25, 0.3) is 0 Å². The van der Waals surface area contributed by atoms with Gasteiger partial charge in [-0.15, -0.1) is 0 Å². The molecule has 2 amide bonds. The summed E-state index contributed by atoms with van der Waals surface area (Å²) in [5, 5.41) is 2.42. The standard InChI is InChI=1S/C14H16ClF3N2O3/c1-9(21)20(8-13(22)19-5-6-23-2)12-7-10(14(16,17)18)3-4-11(12)15/h3-4,7H,5-6,8H2,1-2H3,(H,19,22). The molecule has 0 spiro atoms. The Kier molecular flexibility index (Phi) is 6.83. The second-order valence-corrected chi connectivity index (χ2v) is 5.02. The number of methoxy groups -OCH3 is 1. The monoisotopic (exact) mass is 352 g/mol. The van der Waals surface area contributed by atoms with Gasteiger partial charge in [-0.05, 0) is 18.2 Å². The Morgan fingerprint density at radius 2 is 2.00 bits per heavy atom. The number of rotatable bonds is 6. The molecule has 0 aromatic heterocycles. The fraction of sp³-hybridized carbons (Fsp3) is 0.429. The normalized spacial score (nSPS) is 11.2. The lowest BCUT2D eigenvalue weighted by molar-refractivity contribution is -0.137. The Balaban J connectivity index is 3.02. The molecule has 1 aromatic rings. The summed E-state index contributed by atoms with van der Waals surface area (Å²) in [6.07, 6.45) is -4.58. The number of hydrogen-bond donors (Lipinski definition) is 1. The summed E-state index contributed by atoms with van der Waals surface area (Å²) in [7, 11) is 1.45. The minimum Gasteiger partial charge on any atom is -0.383 e. The average molecular weight is 353 g/mol. The van der Waals surface area contributed by atoms with Crippen LogP contribution in [-0.4, -0.2) is 38.6 Å². The van der Waals surface area contributed by atoms with E-state index < -0.39 is 30.1 Å². The third-order valence-corrected chi connectivity index (χ3v) is 3.19. The van der Waals surface area contributed by atoms with E-state index in [0.29, 0.717) is 0 Å². The molecular formula is C14H16ClF3N2O3. The fourth-order valence-electron chi connectivity index (χ4n) is 1.75. The Hall–Kier alpha value is -1.80. The van der Waals surface area contributed by atoms with Crippen LogP contribution in [0, 0.1) is 0 Å². The first kappa shape index (κ1) is 19.2. The van der Waals surface area contributed by atoms with Crippen LogP contribution in [0.2, 0.25) is 5.02 Å². The van der Waals surface area contributed by atoms with E-state index in [9.17, 15) is 22.8 Å². The van der Waals surface area contributed by atoms with Crippen LogP contribution in [0.3, 0.4) is 0 Å². The molecule has 0 heterocycles. The quantitative estimate of drug-likeness (QED) is 0.800. The Labute approximate surface area is 136 Å². The molecule has 0 aliphatic heterocycles. The number of carbonyl (C=O) groups is 2. The molecule has 1 aromatic carbocycles. The highest BCUT2D eigenvalue weighted by Crippen LogP contribution is 2.35. The van der Waals surface area contributed by atoms with Crippen LogP contribution < -0.4 is 10.2 Å². The summed E-state index contributed by atoms with van der Waals surface area (Å²) in [6.45, 7) is 1.19. The first-order chi connectivity index (χ1) is 10.7. The molecular weight excluding hydrogens is 337 g/mol. The van der Waals surface area contributed by atoms with Gasteiger partial charge in [-0.2, -0.15) is 13.2 Å². The lowest BCUT2D eigenvalue weighted by Gasteiger charge is -2.23. The minimum atomic E-state index is -4.58. The molecule has 1 rings (SSSR count). The number of ether oxygens (including phenoxy) is 1.